The molecule has 2 aliphatic rings. The van der Waals surface area contributed by atoms with Crippen LogP contribution in [-0.2, 0) is 6.18 Å². The van der Waals surface area contributed by atoms with Gasteiger partial charge >= 0.3 is 6.18 Å². The van der Waals surface area contributed by atoms with Crippen LogP contribution in [0.15, 0.2) is 36.4 Å². The van der Waals surface area contributed by atoms with E-state index < -0.39 is 23.4 Å². The van der Waals surface area contributed by atoms with E-state index in [1.54, 1.807) is 6.92 Å². The maximum absolute atomic E-state index is 15.3. The van der Waals surface area contributed by atoms with Gasteiger partial charge in [-0.05, 0) is 92.4 Å². The molecule has 208 valence electrons. The fourth-order valence-corrected chi connectivity index (χ4v) is 6.59. The summed E-state index contributed by atoms with van der Waals surface area (Å²) < 4.78 is 76.7. The average molecular weight is 535 g/mol. The Morgan fingerprint density at radius 2 is 1.53 bits per heavy atom. The molecule has 0 saturated heterocycles. The maximum Gasteiger partial charge on any atom is 0.419 e. The van der Waals surface area contributed by atoms with Crippen LogP contribution in [0.25, 0.3) is 17.2 Å². The number of halogens is 5. The van der Waals surface area contributed by atoms with E-state index in [0.29, 0.717) is 0 Å². The lowest BCUT2D eigenvalue weighted by Gasteiger charge is -2.37. The van der Waals surface area contributed by atoms with Crippen LogP contribution in [-0.4, -0.2) is 6.61 Å². The van der Waals surface area contributed by atoms with E-state index in [2.05, 4.69) is 6.92 Å². The Kier molecular flexibility index (Phi) is 9.54. The first-order chi connectivity index (χ1) is 18.2. The fourth-order valence-electron chi connectivity index (χ4n) is 6.59. The van der Waals surface area contributed by atoms with Crippen LogP contribution in [0.1, 0.15) is 89.2 Å². The summed E-state index contributed by atoms with van der Waals surface area (Å²) in [6.45, 7) is 4.19. The minimum atomic E-state index is -4.88. The molecule has 2 fully saturated rings. The van der Waals surface area contributed by atoms with Crippen molar-refractivity contribution in [1.29, 1.82) is 0 Å². The molecule has 2 aliphatic carbocycles. The molecule has 4 rings (SSSR count). The standard InChI is InChI=1S/C32H39F5O/c1-3-5-21-6-11-23(12-7-21)24-13-8-22(9-14-24)10-15-25-16-18-27(31(34)30(25)32(35,36)37)26-17-19-29(38-4-2)28(33)20-26/h10,15-24H,3-9,11-14H2,1-2H3/b15-10+. The summed E-state index contributed by atoms with van der Waals surface area (Å²) in [5.74, 6) is 0.450. The van der Waals surface area contributed by atoms with Gasteiger partial charge in [0.1, 0.15) is 5.82 Å². The second-order valence-electron chi connectivity index (χ2n) is 11.1. The number of hydrogen-bond acceptors (Lipinski definition) is 1. The molecular formula is C32H39F5O. The van der Waals surface area contributed by atoms with E-state index in [4.69, 9.17) is 4.74 Å². The van der Waals surface area contributed by atoms with Crippen molar-refractivity contribution in [2.45, 2.75) is 84.2 Å². The Bertz CT molecular complexity index is 1090. The monoisotopic (exact) mass is 534 g/mol. The number of ether oxygens (including phenoxy) is 1. The van der Waals surface area contributed by atoms with Crippen molar-refractivity contribution in [2.24, 2.45) is 23.7 Å². The zero-order chi connectivity index (χ0) is 27.3. The topological polar surface area (TPSA) is 9.23 Å². The van der Waals surface area contributed by atoms with Gasteiger partial charge < -0.3 is 4.74 Å². The second kappa shape index (κ2) is 12.7. The summed E-state index contributed by atoms with van der Waals surface area (Å²) in [5, 5.41) is 0. The summed E-state index contributed by atoms with van der Waals surface area (Å²) in [4.78, 5) is 0. The molecule has 0 heterocycles. The van der Waals surface area contributed by atoms with Gasteiger partial charge in [0.2, 0.25) is 0 Å². The smallest absolute Gasteiger partial charge is 0.419 e. The fraction of sp³-hybridized carbons (Fsp3) is 0.562. The first-order valence-electron chi connectivity index (χ1n) is 14.2. The van der Waals surface area contributed by atoms with Crippen molar-refractivity contribution in [2.75, 3.05) is 6.61 Å². The number of hydrogen-bond donors (Lipinski definition) is 0. The van der Waals surface area contributed by atoms with Crippen LogP contribution in [0.5, 0.6) is 5.75 Å². The highest BCUT2D eigenvalue weighted by Crippen LogP contribution is 2.43. The molecule has 0 atom stereocenters. The summed E-state index contributed by atoms with van der Waals surface area (Å²) in [7, 11) is 0. The Morgan fingerprint density at radius 3 is 2.11 bits per heavy atom. The van der Waals surface area contributed by atoms with Crippen molar-refractivity contribution in [1.82, 2.24) is 0 Å². The van der Waals surface area contributed by atoms with E-state index in [1.807, 2.05) is 6.08 Å². The molecule has 0 aliphatic heterocycles. The van der Waals surface area contributed by atoms with Gasteiger partial charge in [-0.15, -0.1) is 0 Å². The molecule has 0 bridgehead atoms. The van der Waals surface area contributed by atoms with Crippen molar-refractivity contribution in [3.63, 3.8) is 0 Å². The third-order valence-electron chi connectivity index (χ3n) is 8.62. The highest BCUT2D eigenvalue weighted by Gasteiger charge is 2.38. The predicted octanol–water partition coefficient (Wildman–Crippen LogP) is 10.5. The van der Waals surface area contributed by atoms with Crippen LogP contribution in [0.4, 0.5) is 22.0 Å². The maximum atomic E-state index is 15.3. The minimum absolute atomic E-state index is 0.0221. The predicted molar refractivity (Wildman–Crippen MR) is 143 cm³/mol. The number of allylic oxidation sites excluding steroid dienone is 1. The number of benzene rings is 2. The van der Waals surface area contributed by atoms with Crippen LogP contribution in [0.3, 0.4) is 0 Å². The SMILES string of the molecule is CCCC1CCC(C2CCC(/C=C/c3ccc(-c4ccc(OCC)c(F)c4)c(F)c3C(F)(F)F)CC2)CC1. The zero-order valence-corrected chi connectivity index (χ0v) is 22.4. The summed E-state index contributed by atoms with van der Waals surface area (Å²) in [6.07, 6.45) is 10.4. The Balaban J connectivity index is 1.45. The van der Waals surface area contributed by atoms with Gasteiger partial charge in [0.15, 0.2) is 11.6 Å². The highest BCUT2D eigenvalue weighted by molar-refractivity contribution is 5.70. The van der Waals surface area contributed by atoms with Gasteiger partial charge in [-0.3, -0.25) is 0 Å². The first-order valence-corrected chi connectivity index (χ1v) is 14.2. The van der Waals surface area contributed by atoms with Gasteiger partial charge in [0.25, 0.3) is 0 Å². The lowest BCUT2D eigenvalue weighted by Crippen LogP contribution is -2.25. The lowest BCUT2D eigenvalue weighted by molar-refractivity contribution is -0.140. The second-order valence-corrected chi connectivity index (χ2v) is 11.1. The van der Waals surface area contributed by atoms with E-state index in [1.165, 1.54) is 68.9 Å². The zero-order valence-electron chi connectivity index (χ0n) is 22.4. The molecule has 2 aromatic carbocycles. The Morgan fingerprint density at radius 1 is 0.868 bits per heavy atom. The van der Waals surface area contributed by atoms with Crippen LogP contribution >= 0.6 is 0 Å². The molecule has 0 amide bonds. The average Bonchev–Trinajstić information content (AvgIpc) is 2.89. The molecule has 38 heavy (non-hydrogen) atoms. The van der Waals surface area contributed by atoms with Gasteiger partial charge in [0.05, 0.1) is 12.2 Å². The third kappa shape index (κ3) is 6.79. The molecule has 0 N–H and O–H groups in total. The van der Waals surface area contributed by atoms with Crippen LogP contribution in [0, 0.1) is 35.3 Å². The van der Waals surface area contributed by atoms with Crippen LogP contribution < -0.4 is 4.74 Å². The molecule has 0 radical (unpaired) electrons. The molecular weight excluding hydrogens is 495 g/mol. The third-order valence-corrected chi connectivity index (χ3v) is 8.62. The summed E-state index contributed by atoms with van der Waals surface area (Å²) in [5.41, 5.74) is -1.75. The van der Waals surface area contributed by atoms with Crippen molar-refractivity contribution >= 4 is 6.08 Å². The quantitative estimate of drug-likeness (QED) is 0.306. The van der Waals surface area contributed by atoms with Gasteiger partial charge in [-0.1, -0.05) is 63.0 Å². The van der Waals surface area contributed by atoms with Crippen LogP contribution in [0.2, 0.25) is 0 Å². The number of alkyl halides is 3. The number of rotatable bonds is 8. The Hall–Kier alpha value is -2.37. The summed E-state index contributed by atoms with van der Waals surface area (Å²) >= 11 is 0. The molecule has 0 unspecified atom stereocenters. The van der Waals surface area contributed by atoms with Crippen molar-refractivity contribution in [3.8, 4) is 16.9 Å². The normalized spacial score (nSPS) is 24.6. The largest absolute Gasteiger partial charge is 0.491 e. The first kappa shape index (κ1) is 28.6. The summed E-state index contributed by atoms with van der Waals surface area (Å²) in [6, 6.07) is 6.27. The molecule has 0 spiro atoms. The van der Waals surface area contributed by atoms with Gasteiger partial charge in [-0.25, -0.2) is 8.78 Å². The Labute approximate surface area is 223 Å². The molecule has 2 saturated carbocycles. The molecule has 1 nitrogen and oxygen atoms in total. The molecule has 6 heteroatoms. The van der Waals surface area contributed by atoms with E-state index >= 15 is 4.39 Å². The molecule has 2 aromatic rings. The molecule has 0 aromatic heterocycles. The van der Waals surface area contributed by atoms with Crippen molar-refractivity contribution in [3.05, 3.63) is 59.2 Å². The van der Waals surface area contributed by atoms with E-state index in [0.717, 1.165) is 49.5 Å². The van der Waals surface area contributed by atoms with Crippen molar-refractivity contribution < 1.29 is 26.7 Å². The van der Waals surface area contributed by atoms with E-state index in [9.17, 15) is 17.6 Å². The van der Waals surface area contributed by atoms with E-state index in [-0.39, 0.29) is 35.0 Å². The van der Waals surface area contributed by atoms with Gasteiger partial charge in [-0.2, -0.15) is 13.2 Å². The highest BCUT2D eigenvalue weighted by atomic mass is 19.4. The minimum Gasteiger partial charge on any atom is -0.491 e. The van der Waals surface area contributed by atoms with Gasteiger partial charge in [0, 0.05) is 5.56 Å². The lowest BCUT2D eigenvalue weighted by atomic mass is 9.68.